The van der Waals surface area contributed by atoms with E-state index in [2.05, 4.69) is 0 Å². The first-order chi connectivity index (χ1) is 12.0. The normalized spacial score (nSPS) is 16.4. The van der Waals surface area contributed by atoms with Crippen LogP contribution in [0, 0.1) is 11.6 Å². The number of halogens is 2. The van der Waals surface area contributed by atoms with Gasteiger partial charge >= 0.3 is 0 Å². The van der Waals surface area contributed by atoms with Gasteiger partial charge in [0.1, 0.15) is 16.5 Å². The molecule has 1 aliphatic heterocycles. The summed E-state index contributed by atoms with van der Waals surface area (Å²) in [6, 6.07) is 6.18. The van der Waals surface area contributed by atoms with E-state index >= 15 is 0 Å². The molecule has 2 heterocycles. The van der Waals surface area contributed by atoms with Crippen LogP contribution < -0.4 is 0 Å². The van der Waals surface area contributed by atoms with Crippen LogP contribution in [-0.4, -0.2) is 38.5 Å². The summed E-state index contributed by atoms with van der Waals surface area (Å²) in [5.74, 6) is -1.86. The van der Waals surface area contributed by atoms with Gasteiger partial charge in [0, 0.05) is 36.7 Å². The van der Waals surface area contributed by atoms with Crippen molar-refractivity contribution in [3.8, 4) is 0 Å². The summed E-state index contributed by atoms with van der Waals surface area (Å²) in [6.07, 6.45) is 1.68. The predicted molar refractivity (Wildman–Crippen MR) is 92.1 cm³/mol. The molecule has 1 aromatic carbocycles. The summed E-state index contributed by atoms with van der Waals surface area (Å²) >= 11 is 1.55. The lowest BCUT2D eigenvalue weighted by Gasteiger charge is -2.33. The van der Waals surface area contributed by atoms with Crippen molar-refractivity contribution in [2.75, 3.05) is 19.8 Å². The summed E-state index contributed by atoms with van der Waals surface area (Å²) in [5, 5.41) is 1.93. The Hall–Kier alpha value is -1.35. The molecule has 1 fully saturated rings. The van der Waals surface area contributed by atoms with Gasteiger partial charge in [-0.15, -0.1) is 11.3 Å². The lowest BCUT2D eigenvalue weighted by atomic mass is 10.1. The van der Waals surface area contributed by atoms with Crippen molar-refractivity contribution in [2.45, 2.75) is 30.2 Å². The summed E-state index contributed by atoms with van der Waals surface area (Å²) in [5.41, 5.74) is 0. The molecule has 25 heavy (non-hydrogen) atoms. The summed E-state index contributed by atoms with van der Waals surface area (Å²) in [6.45, 7) is 1.20. The van der Waals surface area contributed by atoms with Gasteiger partial charge in [0.15, 0.2) is 0 Å². The van der Waals surface area contributed by atoms with Crippen molar-refractivity contribution in [1.29, 1.82) is 0 Å². The number of hydrogen-bond donors (Lipinski definition) is 0. The molecular weight excluding hydrogens is 368 g/mol. The molecule has 4 nitrogen and oxygen atoms in total. The first-order valence-electron chi connectivity index (χ1n) is 8.05. The van der Waals surface area contributed by atoms with Crippen molar-refractivity contribution in [2.24, 2.45) is 0 Å². The Morgan fingerprint density at radius 3 is 2.60 bits per heavy atom. The van der Waals surface area contributed by atoms with E-state index in [0.717, 1.165) is 17.0 Å². The van der Waals surface area contributed by atoms with Crippen molar-refractivity contribution < 1.29 is 21.9 Å². The second kappa shape index (κ2) is 7.90. The molecule has 2 aromatic rings. The van der Waals surface area contributed by atoms with E-state index in [4.69, 9.17) is 4.74 Å². The van der Waals surface area contributed by atoms with Gasteiger partial charge in [0.05, 0.1) is 0 Å². The van der Waals surface area contributed by atoms with Crippen LogP contribution >= 0.6 is 11.3 Å². The number of nitrogens with zero attached hydrogens (tertiary/aromatic N) is 1. The Morgan fingerprint density at radius 2 is 1.96 bits per heavy atom. The van der Waals surface area contributed by atoms with Crippen LogP contribution in [0.25, 0.3) is 0 Å². The number of thiophene rings is 1. The van der Waals surface area contributed by atoms with E-state index in [1.54, 1.807) is 11.3 Å². The molecule has 1 saturated heterocycles. The van der Waals surface area contributed by atoms with Gasteiger partial charge in [-0.05, 0) is 42.8 Å². The fourth-order valence-corrected chi connectivity index (χ4v) is 5.39. The zero-order chi connectivity index (χ0) is 17.9. The number of sulfonamides is 1. The minimum atomic E-state index is -4.06. The zero-order valence-electron chi connectivity index (χ0n) is 13.5. The van der Waals surface area contributed by atoms with E-state index in [0.29, 0.717) is 38.5 Å². The van der Waals surface area contributed by atoms with Crippen LogP contribution in [0.1, 0.15) is 17.7 Å². The largest absolute Gasteiger partial charge is 0.381 e. The molecule has 0 spiro atoms. The van der Waals surface area contributed by atoms with E-state index in [9.17, 15) is 17.2 Å². The fourth-order valence-electron chi connectivity index (χ4n) is 2.96. The van der Waals surface area contributed by atoms with Gasteiger partial charge in [-0.25, -0.2) is 17.2 Å². The number of ether oxygens (including phenoxy) is 1. The van der Waals surface area contributed by atoms with Gasteiger partial charge in [0.25, 0.3) is 0 Å². The van der Waals surface area contributed by atoms with Crippen LogP contribution in [0.15, 0.2) is 40.6 Å². The molecule has 1 aliphatic rings. The van der Waals surface area contributed by atoms with Crippen molar-refractivity contribution >= 4 is 21.4 Å². The lowest BCUT2D eigenvalue weighted by Crippen LogP contribution is -2.44. The van der Waals surface area contributed by atoms with E-state index in [1.165, 1.54) is 4.31 Å². The molecule has 0 amide bonds. The highest BCUT2D eigenvalue weighted by Gasteiger charge is 2.34. The third-order valence-corrected chi connectivity index (χ3v) is 7.16. The van der Waals surface area contributed by atoms with Crippen LogP contribution in [0.5, 0.6) is 0 Å². The maximum Gasteiger partial charge on any atom is 0.246 e. The molecule has 0 atom stereocenters. The number of hydrogen-bond acceptors (Lipinski definition) is 4. The lowest BCUT2D eigenvalue weighted by molar-refractivity contribution is 0.0586. The molecular formula is C17H19F2NO3S2. The Morgan fingerprint density at radius 1 is 1.20 bits per heavy atom. The summed E-state index contributed by atoms with van der Waals surface area (Å²) in [4.78, 5) is 0.582. The molecule has 0 aliphatic carbocycles. The summed E-state index contributed by atoms with van der Waals surface area (Å²) < 4.78 is 60.0. The van der Waals surface area contributed by atoms with Crippen LogP contribution in [0.3, 0.4) is 0 Å². The molecule has 8 heteroatoms. The summed E-state index contributed by atoms with van der Waals surface area (Å²) in [7, 11) is -4.06. The minimum Gasteiger partial charge on any atom is -0.381 e. The maximum atomic E-state index is 14.1. The first-order valence-corrected chi connectivity index (χ1v) is 10.4. The van der Waals surface area contributed by atoms with Gasteiger partial charge in [-0.1, -0.05) is 6.07 Å². The van der Waals surface area contributed by atoms with Gasteiger partial charge in [-0.2, -0.15) is 4.31 Å². The third-order valence-electron chi connectivity index (χ3n) is 4.24. The minimum absolute atomic E-state index is 0.247. The van der Waals surface area contributed by atoms with Crippen LogP contribution in [-0.2, 0) is 21.2 Å². The number of rotatable bonds is 6. The quantitative estimate of drug-likeness (QED) is 0.763. The molecule has 1 aromatic heterocycles. The van der Waals surface area contributed by atoms with Crippen LogP contribution in [0.4, 0.5) is 8.78 Å². The molecule has 0 unspecified atom stereocenters. The SMILES string of the molecule is O=S(=O)(c1ccc(F)cc1F)N(CCc1cccs1)C1CCOCC1. The van der Waals surface area contributed by atoms with Crippen molar-refractivity contribution in [3.63, 3.8) is 0 Å². The molecule has 0 N–H and O–H groups in total. The topological polar surface area (TPSA) is 46.6 Å². The molecule has 0 saturated carbocycles. The molecule has 0 bridgehead atoms. The van der Waals surface area contributed by atoms with Gasteiger partial charge in [-0.3, -0.25) is 0 Å². The predicted octanol–water partition coefficient (Wildman–Crippen LogP) is 3.44. The Balaban J connectivity index is 1.90. The van der Waals surface area contributed by atoms with E-state index < -0.39 is 26.6 Å². The molecule has 136 valence electrons. The Labute approximate surface area is 150 Å². The third kappa shape index (κ3) is 4.25. The van der Waals surface area contributed by atoms with Crippen molar-refractivity contribution in [3.05, 3.63) is 52.2 Å². The highest BCUT2D eigenvalue weighted by atomic mass is 32.2. The number of benzene rings is 1. The second-order valence-electron chi connectivity index (χ2n) is 5.86. The standard InChI is InChI=1S/C17H19F2NO3S2/c18-13-3-4-17(16(19)12-13)25(21,22)20(14-6-9-23-10-7-14)8-5-15-2-1-11-24-15/h1-4,11-12,14H,5-10H2. The average molecular weight is 387 g/mol. The monoisotopic (exact) mass is 387 g/mol. The van der Waals surface area contributed by atoms with Gasteiger partial charge in [0.2, 0.25) is 10.0 Å². The van der Waals surface area contributed by atoms with Crippen LogP contribution in [0.2, 0.25) is 0 Å². The first kappa shape index (κ1) is 18.4. The highest BCUT2D eigenvalue weighted by molar-refractivity contribution is 7.89. The molecule has 3 rings (SSSR count). The smallest absolute Gasteiger partial charge is 0.246 e. The molecule has 0 radical (unpaired) electrons. The van der Waals surface area contributed by atoms with E-state index in [-0.39, 0.29) is 12.6 Å². The van der Waals surface area contributed by atoms with E-state index in [1.807, 2.05) is 17.5 Å². The highest BCUT2D eigenvalue weighted by Crippen LogP contribution is 2.26. The second-order valence-corrected chi connectivity index (χ2v) is 8.75. The Bertz CT molecular complexity index is 803. The fraction of sp³-hybridized carbons (Fsp3) is 0.412. The van der Waals surface area contributed by atoms with Gasteiger partial charge < -0.3 is 4.74 Å². The Kier molecular flexibility index (Phi) is 5.83. The maximum absolute atomic E-state index is 14.1. The zero-order valence-corrected chi connectivity index (χ0v) is 15.2. The average Bonchev–Trinajstić information content (AvgIpc) is 3.09. The van der Waals surface area contributed by atoms with Crippen molar-refractivity contribution in [1.82, 2.24) is 4.31 Å².